The van der Waals surface area contributed by atoms with E-state index in [-0.39, 0.29) is 0 Å². The molecule has 1 aliphatic heterocycles. The third kappa shape index (κ3) is 6.58. The molecule has 0 radical (unpaired) electrons. The lowest BCUT2D eigenvalue weighted by Crippen LogP contribution is -2.31. The first-order chi connectivity index (χ1) is 16.5. The van der Waals surface area contributed by atoms with Crippen molar-refractivity contribution in [1.82, 2.24) is 0 Å². The van der Waals surface area contributed by atoms with Gasteiger partial charge in [-0.2, -0.15) is 0 Å². The lowest BCUT2D eigenvalue weighted by Gasteiger charge is -2.31. The Kier molecular flexibility index (Phi) is 10.3. The summed E-state index contributed by atoms with van der Waals surface area (Å²) in [5.41, 5.74) is 7.22. The molecule has 0 atom stereocenters. The smallest absolute Gasteiger partial charge is 0.0637 e. The van der Waals surface area contributed by atoms with Gasteiger partial charge in [-0.3, -0.25) is 0 Å². The summed E-state index contributed by atoms with van der Waals surface area (Å²) in [6.07, 6.45) is 0. The molecule has 1 aliphatic rings. The second-order valence-corrected chi connectivity index (χ2v) is 9.53. The Labute approximate surface area is 208 Å². The van der Waals surface area contributed by atoms with Gasteiger partial charge in [0.15, 0.2) is 0 Å². The molecule has 0 aromatic heterocycles. The molecular weight excluding hydrogens is 450 g/mol. The van der Waals surface area contributed by atoms with Gasteiger partial charge in [0.25, 0.3) is 0 Å². The summed E-state index contributed by atoms with van der Waals surface area (Å²) in [5.74, 6) is 0. The minimum Gasteiger partial charge on any atom is -0.383 e. The second-order valence-electron chi connectivity index (χ2n) is 8.44. The van der Waals surface area contributed by atoms with Crippen molar-refractivity contribution in [3.63, 3.8) is 0 Å². The van der Waals surface area contributed by atoms with E-state index in [9.17, 15) is 0 Å². The fraction of sp³-hybridized carbons (Fsp3) is 0.538. The van der Waals surface area contributed by atoms with Crippen molar-refractivity contribution in [3.05, 3.63) is 35.4 Å². The number of aryl methyl sites for hydroxylation is 2. The lowest BCUT2D eigenvalue weighted by molar-refractivity contribution is 0.190. The van der Waals surface area contributed by atoms with Gasteiger partial charge in [-0.25, -0.2) is 0 Å². The van der Waals surface area contributed by atoms with Crippen LogP contribution in [-0.4, -0.2) is 81.0 Å². The molecule has 2 aromatic carbocycles. The zero-order valence-electron chi connectivity index (χ0n) is 21.4. The maximum absolute atomic E-state index is 5.35. The largest absolute Gasteiger partial charge is 0.383 e. The number of fused-ring (bicyclic) bond motifs is 2. The Bertz CT molecular complexity index is 851. The predicted octanol–water partition coefficient (Wildman–Crippen LogP) is 4.71. The van der Waals surface area contributed by atoms with Crippen molar-refractivity contribution in [3.8, 4) is 0 Å². The number of hydrogen-bond donors (Lipinski definition) is 1. The molecule has 2 aromatic rings. The maximum atomic E-state index is 5.35. The summed E-state index contributed by atoms with van der Waals surface area (Å²) in [5, 5.41) is 3.73. The Morgan fingerprint density at radius 3 is 1.29 bits per heavy atom. The van der Waals surface area contributed by atoms with Crippen LogP contribution < -0.4 is 15.1 Å². The number of methoxy groups -OCH3 is 4. The molecule has 0 unspecified atom stereocenters. The van der Waals surface area contributed by atoms with Crippen LogP contribution in [0.5, 0.6) is 0 Å². The van der Waals surface area contributed by atoms with Crippen molar-refractivity contribution >= 4 is 34.5 Å². The van der Waals surface area contributed by atoms with Gasteiger partial charge in [0.05, 0.1) is 37.8 Å². The van der Waals surface area contributed by atoms with Crippen LogP contribution in [-0.2, 0) is 18.9 Å². The first kappa shape index (κ1) is 26.6. The van der Waals surface area contributed by atoms with Crippen LogP contribution in [0, 0.1) is 13.8 Å². The van der Waals surface area contributed by atoms with Gasteiger partial charge in [-0.15, -0.1) is 0 Å². The molecule has 1 heterocycles. The predicted molar refractivity (Wildman–Crippen MR) is 142 cm³/mol. The zero-order valence-corrected chi connectivity index (χ0v) is 22.2. The zero-order chi connectivity index (χ0) is 24.5. The standard InChI is InChI=1S/C26H39N3O4S/c1-19-15-21(28(7-11-30-3)8-12-31-4)17-23-25(19)27-26-20(2)16-22(18-24(26)34-23)29(9-13-32-5)10-14-33-6/h15-18,27H,7-14H2,1-6H3. The summed E-state index contributed by atoms with van der Waals surface area (Å²) in [7, 11) is 6.97. The molecule has 0 fully saturated rings. The van der Waals surface area contributed by atoms with Crippen molar-refractivity contribution in [2.45, 2.75) is 23.6 Å². The maximum Gasteiger partial charge on any atom is 0.0637 e. The molecule has 0 amide bonds. The van der Waals surface area contributed by atoms with E-state index >= 15 is 0 Å². The fourth-order valence-corrected chi connectivity index (χ4v) is 5.33. The van der Waals surface area contributed by atoms with Gasteiger partial charge < -0.3 is 34.1 Å². The molecule has 0 bridgehead atoms. The quantitative estimate of drug-likeness (QED) is 0.349. The molecule has 0 saturated carbocycles. The van der Waals surface area contributed by atoms with Gasteiger partial charge in [0.2, 0.25) is 0 Å². The number of nitrogens with zero attached hydrogens (tertiary/aromatic N) is 2. The van der Waals surface area contributed by atoms with Crippen molar-refractivity contribution < 1.29 is 18.9 Å². The van der Waals surface area contributed by atoms with Crippen molar-refractivity contribution in [1.29, 1.82) is 0 Å². The van der Waals surface area contributed by atoms with Crippen molar-refractivity contribution in [2.24, 2.45) is 0 Å². The second kappa shape index (κ2) is 13.2. The summed E-state index contributed by atoms with van der Waals surface area (Å²) in [4.78, 5) is 7.13. The number of rotatable bonds is 14. The topological polar surface area (TPSA) is 55.4 Å². The van der Waals surface area contributed by atoms with Gasteiger partial charge in [0, 0.05) is 75.8 Å². The van der Waals surface area contributed by atoms with E-state index in [1.54, 1.807) is 28.4 Å². The van der Waals surface area contributed by atoms with Gasteiger partial charge >= 0.3 is 0 Å². The number of ether oxygens (including phenoxy) is 4. The highest BCUT2D eigenvalue weighted by Gasteiger charge is 2.23. The van der Waals surface area contributed by atoms with Crippen LogP contribution in [0.4, 0.5) is 22.7 Å². The first-order valence-electron chi connectivity index (χ1n) is 11.7. The molecule has 0 aliphatic carbocycles. The van der Waals surface area contributed by atoms with Crippen LogP contribution in [0.25, 0.3) is 0 Å². The molecule has 7 nitrogen and oxygen atoms in total. The van der Waals surface area contributed by atoms with Crippen molar-refractivity contribution in [2.75, 3.05) is 96.2 Å². The first-order valence-corrected chi connectivity index (χ1v) is 12.5. The number of anilines is 4. The van der Waals surface area contributed by atoms with Gasteiger partial charge in [0.1, 0.15) is 0 Å². The highest BCUT2D eigenvalue weighted by Crippen LogP contribution is 2.49. The normalized spacial score (nSPS) is 12.2. The van der Waals surface area contributed by atoms with Crippen LogP contribution in [0.15, 0.2) is 34.1 Å². The van der Waals surface area contributed by atoms with E-state index in [2.05, 4.69) is 53.2 Å². The molecule has 188 valence electrons. The molecule has 0 spiro atoms. The molecule has 0 saturated heterocycles. The third-order valence-electron chi connectivity index (χ3n) is 6.03. The van der Waals surface area contributed by atoms with Crippen LogP contribution in [0.2, 0.25) is 0 Å². The molecular formula is C26H39N3O4S. The van der Waals surface area contributed by atoms with Crippen LogP contribution >= 0.6 is 11.8 Å². The third-order valence-corrected chi connectivity index (χ3v) is 7.11. The Morgan fingerprint density at radius 2 is 0.971 bits per heavy atom. The van der Waals surface area contributed by atoms with E-state index in [0.29, 0.717) is 26.4 Å². The average Bonchev–Trinajstić information content (AvgIpc) is 2.83. The minimum absolute atomic E-state index is 0.676. The van der Waals surface area contributed by atoms with E-state index < -0.39 is 0 Å². The molecule has 34 heavy (non-hydrogen) atoms. The van der Waals surface area contributed by atoms with Gasteiger partial charge in [-0.1, -0.05) is 11.8 Å². The van der Waals surface area contributed by atoms with E-state index in [4.69, 9.17) is 18.9 Å². The molecule has 3 rings (SSSR count). The number of hydrogen-bond acceptors (Lipinski definition) is 8. The molecule has 8 heteroatoms. The van der Waals surface area contributed by atoms with E-state index in [0.717, 1.165) is 26.2 Å². The van der Waals surface area contributed by atoms with Gasteiger partial charge in [-0.05, 0) is 49.2 Å². The summed E-state index contributed by atoms with van der Waals surface area (Å²) >= 11 is 1.83. The Balaban J connectivity index is 1.92. The monoisotopic (exact) mass is 489 g/mol. The highest BCUT2D eigenvalue weighted by molar-refractivity contribution is 7.99. The number of nitrogens with one attached hydrogen (secondary N) is 1. The Morgan fingerprint density at radius 1 is 0.618 bits per heavy atom. The molecule has 1 N–H and O–H groups in total. The fourth-order valence-electron chi connectivity index (χ4n) is 4.11. The summed E-state index contributed by atoms with van der Waals surface area (Å²) in [6.45, 7) is 10.3. The average molecular weight is 490 g/mol. The summed E-state index contributed by atoms with van der Waals surface area (Å²) < 4.78 is 21.4. The Hall–Kier alpha value is -1.97. The van der Waals surface area contributed by atoms with Crippen LogP contribution in [0.1, 0.15) is 11.1 Å². The lowest BCUT2D eigenvalue weighted by atomic mass is 10.1. The minimum atomic E-state index is 0.676. The number of benzene rings is 2. The van der Waals surface area contributed by atoms with E-state index in [1.807, 2.05) is 11.8 Å². The highest BCUT2D eigenvalue weighted by atomic mass is 32.2. The SMILES string of the molecule is COCCN(CCOC)c1cc(C)c2c(c1)Sc1cc(N(CCOC)CCOC)cc(C)c1N2. The summed E-state index contributed by atoms with van der Waals surface area (Å²) in [6, 6.07) is 9.07. The van der Waals surface area contributed by atoms with E-state index in [1.165, 1.54) is 43.7 Å². The van der Waals surface area contributed by atoms with Crippen LogP contribution in [0.3, 0.4) is 0 Å².